The van der Waals surface area contributed by atoms with E-state index in [-0.39, 0.29) is 0 Å². The fourth-order valence-electron chi connectivity index (χ4n) is 1.75. The Bertz CT molecular complexity index is 629. The summed E-state index contributed by atoms with van der Waals surface area (Å²) in [6, 6.07) is 7.66. The Morgan fingerprint density at radius 2 is 2.10 bits per heavy atom. The number of aryl methyl sites for hydroxylation is 1. The lowest BCUT2D eigenvalue weighted by Gasteiger charge is -1.99. The molecular weight excluding hydrogens is 274 g/mol. The molecule has 0 saturated heterocycles. The lowest BCUT2D eigenvalue weighted by molar-refractivity contribution is -0.131. The van der Waals surface area contributed by atoms with Crippen LogP contribution in [-0.2, 0) is 11.2 Å². The van der Waals surface area contributed by atoms with Gasteiger partial charge >= 0.3 is 5.97 Å². The average molecular weight is 289 g/mol. The molecule has 1 aromatic heterocycles. The smallest absolute Gasteiger partial charge is 0.328 e. The van der Waals surface area contributed by atoms with E-state index < -0.39 is 5.97 Å². The van der Waals surface area contributed by atoms with E-state index in [9.17, 15) is 4.79 Å². The Hall–Kier alpha value is -2.14. The van der Waals surface area contributed by atoms with Crippen molar-refractivity contribution >= 4 is 23.4 Å². The highest BCUT2D eigenvalue weighted by Crippen LogP contribution is 2.30. The normalized spacial score (nSPS) is 10.9. The summed E-state index contributed by atoms with van der Waals surface area (Å²) in [4.78, 5) is 16.1. The molecule has 2 aromatic rings. The van der Waals surface area contributed by atoms with Crippen LogP contribution in [0.25, 0.3) is 16.6 Å². The van der Waals surface area contributed by atoms with E-state index >= 15 is 0 Å². The third-order valence-electron chi connectivity index (χ3n) is 2.78. The lowest BCUT2D eigenvalue weighted by Crippen LogP contribution is -1.87. The van der Waals surface area contributed by atoms with E-state index in [2.05, 4.69) is 4.98 Å². The van der Waals surface area contributed by atoms with Gasteiger partial charge in [-0.3, -0.25) is 0 Å². The van der Waals surface area contributed by atoms with E-state index in [0.717, 1.165) is 39.4 Å². The summed E-state index contributed by atoms with van der Waals surface area (Å²) >= 11 is 1.49. The zero-order valence-electron chi connectivity index (χ0n) is 11.3. The Balaban J connectivity index is 2.34. The van der Waals surface area contributed by atoms with Crippen LogP contribution in [0.2, 0.25) is 0 Å². The van der Waals surface area contributed by atoms with Gasteiger partial charge in [0.25, 0.3) is 0 Å². The number of aromatic nitrogens is 1. The van der Waals surface area contributed by atoms with Crippen molar-refractivity contribution in [2.45, 2.75) is 13.3 Å². The third kappa shape index (κ3) is 3.24. The molecule has 104 valence electrons. The second-order valence-corrected chi connectivity index (χ2v) is 5.11. The molecule has 0 fully saturated rings. The molecule has 0 amide bonds. The summed E-state index contributed by atoms with van der Waals surface area (Å²) in [7, 11) is 1.63. The zero-order valence-corrected chi connectivity index (χ0v) is 12.1. The first-order valence-electron chi connectivity index (χ1n) is 6.19. The maximum absolute atomic E-state index is 10.6. The Kier molecular flexibility index (Phi) is 4.53. The number of methoxy groups -OCH3 is 1. The predicted octanol–water partition coefficient (Wildman–Crippen LogP) is 3.48. The second-order valence-electron chi connectivity index (χ2n) is 4.08. The highest BCUT2D eigenvalue weighted by atomic mass is 32.1. The van der Waals surface area contributed by atoms with Gasteiger partial charge in [-0.05, 0) is 36.8 Å². The molecule has 0 aliphatic carbocycles. The van der Waals surface area contributed by atoms with Crippen LogP contribution in [0.15, 0.2) is 30.3 Å². The van der Waals surface area contributed by atoms with Crippen LogP contribution in [0, 0.1) is 0 Å². The van der Waals surface area contributed by atoms with Crippen LogP contribution in [0.5, 0.6) is 5.75 Å². The maximum Gasteiger partial charge on any atom is 0.328 e. The molecule has 4 nitrogen and oxygen atoms in total. The van der Waals surface area contributed by atoms with Gasteiger partial charge in [-0.1, -0.05) is 6.92 Å². The minimum atomic E-state index is -0.952. The Morgan fingerprint density at radius 3 is 2.65 bits per heavy atom. The first-order chi connectivity index (χ1) is 9.63. The number of ether oxygens (including phenoxy) is 1. The number of carboxylic acids is 1. The van der Waals surface area contributed by atoms with Gasteiger partial charge in [-0.2, -0.15) is 0 Å². The number of rotatable bonds is 5. The van der Waals surface area contributed by atoms with Crippen LogP contribution in [0.4, 0.5) is 0 Å². The fraction of sp³-hybridized carbons (Fsp3) is 0.200. The van der Waals surface area contributed by atoms with Crippen LogP contribution in [-0.4, -0.2) is 23.2 Å². The van der Waals surface area contributed by atoms with E-state index in [4.69, 9.17) is 9.84 Å². The summed E-state index contributed by atoms with van der Waals surface area (Å²) in [5.41, 5.74) is 1.92. The monoisotopic (exact) mass is 289 g/mol. The summed E-state index contributed by atoms with van der Waals surface area (Å²) in [5, 5.41) is 9.59. The summed E-state index contributed by atoms with van der Waals surface area (Å²) in [5.74, 6) is -0.154. The minimum absolute atomic E-state index is 0.770. The van der Waals surface area contributed by atoms with Crippen molar-refractivity contribution in [1.82, 2.24) is 4.98 Å². The molecule has 1 heterocycles. The SMILES string of the molecule is CCc1nc(-c2ccc(OC)cc2)sc1/C=C/C(=O)O. The van der Waals surface area contributed by atoms with Crippen LogP contribution < -0.4 is 4.74 Å². The molecule has 1 N–H and O–H groups in total. The molecule has 0 aliphatic heterocycles. The van der Waals surface area contributed by atoms with Gasteiger partial charge in [0, 0.05) is 11.6 Å². The van der Waals surface area contributed by atoms with Gasteiger partial charge < -0.3 is 9.84 Å². The summed E-state index contributed by atoms with van der Waals surface area (Å²) < 4.78 is 5.13. The fourth-order valence-corrected chi connectivity index (χ4v) is 2.81. The van der Waals surface area contributed by atoms with E-state index in [1.807, 2.05) is 31.2 Å². The maximum atomic E-state index is 10.6. The Labute approximate surface area is 121 Å². The quantitative estimate of drug-likeness (QED) is 0.856. The van der Waals surface area contributed by atoms with E-state index in [1.54, 1.807) is 13.2 Å². The largest absolute Gasteiger partial charge is 0.497 e. The molecule has 0 saturated carbocycles. The van der Waals surface area contributed by atoms with Crippen LogP contribution in [0.3, 0.4) is 0 Å². The summed E-state index contributed by atoms with van der Waals surface area (Å²) in [6.45, 7) is 2.00. The number of nitrogens with zero attached hydrogens (tertiary/aromatic N) is 1. The standard InChI is InChI=1S/C15H15NO3S/c1-3-12-13(8-9-14(17)18)20-15(16-12)10-4-6-11(19-2)7-5-10/h4-9H,3H2,1-2H3,(H,17,18)/b9-8+. The van der Waals surface area contributed by atoms with Crippen molar-refractivity contribution in [3.05, 3.63) is 40.9 Å². The first-order valence-corrected chi connectivity index (χ1v) is 7.00. The number of hydrogen-bond acceptors (Lipinski definition) is 4. The predicted molar refractivity (Wildman–Crippen MR) is 80.1 cm³/mol. The van der Waals surface area contributed by atoms with Crippen LogP contribution >= 0.6 is 11.3 Å². The summed E-state index contributed by atoms with van der Waals surface area (Å²) in [6.07, 6.45) is 3.52. The van der Waals surface area contributed by atoms with Gasteiger partial charge in [0.05, 0.1) is 17.7 Å². The number of hydrogen-bond donors (Lipinski definition) is 1. The highest BCUT2D eigenvalue weighted by Gasteiger charge is 2.09. The molecule has 0 spiro atoms. The van der Waals surface area contributed by atoms with Crippen molar-refractivity contribution in [1.29, 1.82) is 0 Å². The van der Waals surface area contributed by atoms with Gasteiger partial charge in [0.2, 0.25) is 0 Å². The number of aliphatic carboxylic acids is 1. The van der Waals surface area contributed by atoms with Gasteiger partial charge in [0.15, 0.2) is 0 Å². The molecule has 0 aliphatic rings. The topological polar surface area (TPSA) is 59.4 Å². The molecule has 2 rings (SSSR count). The van der Waals surface area contributed by atoms with Crippen molar-refractivity contribution in [2.24, 2.45) is 0 Å². The molecule has 1 aromatic carbocycles. The molecule has 0 bridgehead atoms. The number of carboxylic acid groups (broad SMARTS) is 1. The van der Waals surface area contributed by atoms with Crippen molar-refractivity contribution < 1.29 is 14.6 Å². The number of benzene rings is 1. The molecule has 5 heteroatoms. The van der Waals surface area contributed by atoms with Crippen molar-refractivity contribution in [3.63, 3.8) is 0 Å². The Morgan fingerprint density at radius 1 is 1.40 bits per heavy atom. The first kappa shape index (κ1) is 14.3. The number of carbonyl (C=O) groups is 1. The van der Waals surface area contributed by atoms with Gasteiger partial charge in [0.1, 0.15) is 10.8 Å². The van der Waals surface area contributed by atoms with E-state index in [1.165, 1.54) is 11.3 Å². The second kappa shape index (κ2) is 6.34. The molecule has 0 atom stereocenters. The van der Waals surface area contributed by atoms with Gasteiger partial charge in [-0.25, -0.2) is 9.78 Å². The van der Waals surface area contributed by atoms with Gasteiger partial charge in [-0.15, -0.1) is 11.3 Å². The molecule has 20 heavy (non-hydrogen) atoms. The molecule has 0 radical (unpaired) electrons. The molecular formula is C15H15NO3S. The van der Waals surface area contributed by atoms with Crippen molar-refractivity contribution in [2.75, 3.05) is 7.11 Å². The average Bonchev–Trinajstić information content (AvgIpc) is 2.88. The van der Waals surface area contributed by atoms with Crippen LogP contribution in [0.1, 0.15) is 17.5 Å². The highest BCUT2D eigenvalue weighted by molar-refractivity contribution is 7.16. The zero-order chi connectivity index (χ0) is 14.5. The third-order valence-corrected chi connectivity index (χ3v) is 3.89. The number of thiazole rings is 1. The van der Waals surface area contributed by atoms with E-state index in [0.29, 0.717) is 0 Å². The molecule has 0 unspecified atom stereocenters. The van der Waals surface area contributed by atoms with Crippen molar-refractivity contribution in [3.8, 4) is 16.3 Å². The minimum Gasteiger partial charge on any atom is -0.497 e. The lowest BCUT2D eigenvalue weighted by atomic mass is 10.2.